The van der Waals surface area contributed by atoms with Gasteiger partial charge in [0.05, 0.1) is 0 Å². The minimum atomic E-state index is -0.940. The molecule has 1 aliphatic carbocycles. The van der Waals surface area contributed by atoms with Gasteiger partial charge < -0.3 is 9.15 Å². The molecule has 114 valence electrons. The number of ether oxygens (including phenoxy) is 1. The molecule has 0 bridgehead atoms. The third kappa shape index (κ3) is 4.70. The lowest BCUT2D eigenvalue weighted by atomic mass is 10.1. The summed E-state index contributed by atoms with van der Waals surface area (Å²) < 4.78 is 22.7. The fourth-order valence-corrected chi connectivity index (χ4v) is 1.77. The van der Waals surface area contributed by atoms with E-state index in [0.717, 1.165) is 24.5 Å². The number of halogens is 1. The fourth-order valence-electron chi connectivity index (χ4n) is 1.77. The molecular weight excluding hydrogens is 275 g/mol. The van der Waals surface area contributed by atoms with Crippen molar-refractivity contribution in [3.63, 3.8) is 0 Å². The van der Waals surface area contributed by atoms with E-state index in [1.165, 1.54) is 0 Å². The molecule has 21 heavy (non-hydrogen) atoms. The predicted octanol–water partition coefficient (Wildman–Crippen LogP) is 3.60. The summed E-state index contributed by atoms with van der Waals surface area (Å²) >= 11 is 0. The van der Waals surface area contributed by atoms with Gasteiger partial charge >= 0.3 is 0 Å². The van der Waals surface area contributed by atoms with Crippen LogP contribution in [0.15, 0.2) is 39.1 Å². The maximum atomic E-state index is 12.4. The topological polar surface area (TPSA) is 56.5 Å². The Morgan fingerprint density at radius 2 is 2.14 bits per heavy atom. The Balaban J connectivity index is 0.00000106. The summed E-state index contributed by atoms with van der Waals surface area (Å²) in [5.74, 6) is -0.635. The molecule has 0 radical (unpaired) electrons. The first-order valence-corrected chi connectivity index (χ1v) is 6.91. The number of carbonyl (C=O) groups excluding carboxylic acids is 1. The Labute approximate surface area is 122 Å². The van der Waals surface area contributed by atoms with Crippen LogP contribution in [0, 0.1) is 0 Å². The molecule has 0 fully saturated rings. The first kappa shape index (κ1) is 16.9. The van der Waals surface area contributed by atoms with Gasteiger partial charge in [-0.05, 0) is 18.4 Å². The summed E-state index contributed by atoms with van der Waals surface area (Å²) in [5.41, 5.74) is 0.374. The molecule has 0 aliphatic heterocycles. The van der Waals surface area contributed by atoms with Gasteiger partial charge in [-0.1, -0.05) is 32.1 Å². The van der Waals surface area contributed by atoms with E-state index in [2.05, 4.69) is 0 Å². The Hall–Kier alpha value is -2.17. The largest absolute Gasteiger partial charge is 0.481 e. The third-order valence-corrected chi connectivity index (χ3v) is 2.67. The molecule has 2 rings (SSSR count). The molecule has 1 aliphatic rings. The molecule has 0 amide bonds. The summed E-state index contributed by atoms with van der Waals surface area (Å²) in [6, 6.07) is 0.993. The molecule has 0 N–H and O–H groups in total. The number of hydrogen-bond acceptors (Lipinski definition) is 4. The van der Waals surface area contributed by atoms with E-state index in [-0.39, 0.29) is 23.9 Å². The van der Waals surface area contributed by atoms with Crippen LogP contribution in [0.5, 0.6) is 5.75 Å². The first-order valence-electron chi connectivity index (χ1n) is 6.91. The lowest BCUT2D eigenvalue weighted by molar-refractivity contribution is 0.108. The minimum Gasteiger partial charge on any atom is -0.481 e. The van der Waals surface area contributed by atoms with Gasteiger partial charge in [-0.25, -0.2) is 4.39 Å². The summed E-state index contributed by atoms with van der Waals surface area (Å²) in [7, 11) is 0. The van der Waals surface area contributed by atoms with Crippen LogP contribution in [-0.2, 0) is 6.67 Å². The van der Waals surface area contributed by atoms with Crippen LogP contribution < -0.4 is 10.2 Å². The standard InChI is InChI=1S/C14H13FO4.C2H6/c15-7-11-6-12(17)14(13(8-16)19-11)18-9-10-4-2-1-3-5-10;1-2/h2,4-6,8H,1,3,7,9H2;1-2H3. The predicted molar refractivity (Wildman–Crippen MR) is 78.5 cm³/mol. The first-order chi connectivity index (χ1) is 10.2. The lowest BCUT2D eigenvalue weighted by Crippen LogP contribution is -2.13. The maximum absolute atomic E-state index is 12.4. The highest BCUT2D eigenvalue weighted by atomic mass is 19.1. The van der Waals surface area contributed by atoms with Crippen LogP contribution in [0.3, 0.4) is 0 Å². The zero-order valence-electron chi connectivity index (χ0n) is 12.2. The van der Waals surface area contributed by atoms with Crippen molar-refractivity contribution in [3.05, 3.63) is 51.6 Å². The molecule has 1 aromatic rings. The number of hydrogen-bond donors (Lipinski definition) is 0. The maximum Gasteiger partial charge on any atom is 0.227 e. The van der Waals surface area contributed by atoms with Crippen molar-refractivity contribution < 1.29 is 18.3 Å². The average molecular weight is 294 g/mol. The van der Waals surface area contributed by atoms with Gasteiger partial charge in [0.1, 0.15) is 19.0 Å². The van der Waals surface area contributed by atoms with Crippen molar-refractivity contribution in [2.24, 2.45) is 0 Å². The van der Waals surface area contributed by atoms with Crippen molar-refractivity contribution in [2.45, 2.75) is 33.4 Å². The highest BCUT2D eigenvalue weighted by Crippen LogP contribution is 2.16. The highest BCUT2D eigenvalue weighted by molar-refractivity contribution is 5.74. The van der Waals surface area contributed by atoms with Crippen LogP contribution >= 0.6 is 0 Å². The van der Waals surface area contributed by atoms with Crippen molar-refractivity contribution in [3.8, 4) is 5.75 Å². The van der Waals surface area contributed by atoms with Gasteiger partial charge in [0.25, 0.3) is 0 Å². The second-order valence-electron chi connectivity index (χ2n) is 4.07. The minimum absolute atomic E-state index is 0.174. The Bertz CT molecular complexity index is 584. The third-order valence-electron chi connectivity index (χ3n) is 2.67. The Morgan fingerprint density at radius 1 is 1.38 bits per heavy atom. The molecule has 0 unspecified atom stereocenters. The molecule has 0 aromatic carbocycles. The van der Waals surface area contributed by atoms with Crippen LogP contribution in [0.1, 0.15) is 43.0 Å². The molecular formula is C16H19FO4. The van der Waals surface area contributed by atoms with Crippen LogP contribution in [0.25, 0.3) is 0 Å². The molecule has 0 atom stereocenters. The summed E-state index contributed by atoms with van der Waals surface area (Å²) in [6.07, 6.45) is 8.16. The van der Waals surface area contributed by atoms with Gasteiger partial charge in [0, 0.05) is 6.07 Å². The van der Waals surface area contributed by atoms with E-state index in [9.17, 15) is 14.0 Å². The lowest BCUT2D eigenvalue weighted by Gasteiger charge is -2.10. The normalized spacial score (nSPS) is 13.0. The molecule has 5 heteroatoms. The van der Waals surface area contributed by atoms with E-state index in [1.807, 2.05) is 32.1 Å². The van der Waals surface area contributed by atoms with Gasteiger partial charge in [0.15, 0.2) is 6.29 Å². The molecule has 1 aromatic heterocycles. The SMILES string of the molecule is CC.O=Cc1oc(CF)cc(=O)c1OCC1=CCCC=C1. The number of aldehydes is 1. The molecule has 4 nitrogen and oxygen atoms in total. The molecule has 0 saturated heterocycles. The number of carbonyl (C=O) groups is 1. The molecule has 0 saturated carbocycles. The second-order valence-corrected chi connectivity index (χ2v) is 4.07. The molecule has 0 spiro atoms. The van der Waals surface area contributed by atoms with Crippen molar-refractivity contribution in [1.82, 2.24) is 0 Å². The van der Waals surface area contributed by atoms with Gasteiger partial charge in [-0.2, -0.15) is 0 Å². The van der Waals surface area contributed by atoms with Crippen molar-refractivity contribution in [1.29, 1.82) is 0 Å². The van der Waals surface area contributed by atoms with Crippen molar-refractivity contribution >= 4 is 6.29 Å². The van der Waals surface area contributed by atoms with Crippen LogP contribution in [0.4, 0.5) is 4.39 Å². The summed E-state index contributed by atoms with van der Waals surface area (Å²) in [5, 5.41) is 0. The van der Waals surface area contributed by atoms with Crippen molar-refractivity contribution in [2.75, 3.05) is 6.61 Å². The van der Waals surface area contributed by atoms with E-state index < -0.39 is 12.1 Å². The zero-order valence-corrected chi connectivity index (χ0v) is 12.2. The zero-order chi connectivity index (χ0) is 15.7. The smallest absolute Gasteiger partial charge is 0.227 e. The highest BCUT2D eigenvalue weighted by Gasteiger charge is 2.13. The monoisotopic (exact) mass is 294 g/mol. The Kier molecular flexibility index (Phi) is 7.15. The van der Waals surface area contributed by atoms with E-state index in [1.54, 1.807) is 0 Å². The Morgan fingerprint density at radius 3 is 2.71 bits per heavy atom. The van der Waals surface area contributed by atoms with Gasteiger partial charge in [-0.3, -0.25) is 9.59 Å². The number of rotatable bonds is 5. The van der Waals surface area contributed by atoms with E-state index in [4.69, 9.17) is 9.15 Å². The van der Waals surface area contributed by atoms with E-state index in [0.29, 0.717) is 6.29 Å². The number of alkyl halides is 1. The van der Waals surface area contributed by atoms with Crippen LogP contribution in [0.2, 0.25) is 0 Å². The van der Waals surface area contributed by atoms with Gasteiger partial charge in [0.2, 0.25) is 16.9 Å². The van der Waals surface area contributed by atoms with Gasteiger partial charge in [-0.15, -0.1) is 0 Å². The van der Waals surface area contributed by atoms with Crippen LogP contribution in [-0.4, -0.2) is 12.9 Å². The quantitative estimate of drug-likeness (QED) is 0.778. The fraction of sp³-hybridized carbons (Fsp3) is 0.375. The summed E-state index contributed by atoms with van der Waals surface area (Å²) in [6.45, 7) is 3.24. The van der Waals surface area contributed by atoms with E-state index >= 15 is 0 Å². The second kappa shape index (κ2) is 8.89. The summed E-state index contributed by atoms with van der Waals surface area (Å²) in [4.78, 5) is 22.5. The molecule has 1 heterocycles. The number of allylic oxidation sites excluding steroid dienone is 2. The average Bonchev–Trinajstić information content (AvgIpc) is 2.55.